The van der Waals surface area contributed by atoms with Gasteiger partial charge in [-0.25, -0.2) is 4.39 Å². The quantitative estimate of drug-likeness (QED) is 0.644. The molecular weight excluding hydrogens is 293 g/mol. The van der Waals surface area contributed by atoms with Gasteiger partial charge in [0.25, 0.3) is 0 Å². The second-order valence-corrected chi connectivity index (χ2v) is 6.28. The molecule has 1 aliphatic rings. The summed E-state index contributed by atoms with van der Waals surface area (Å²) in [5.41, 5.74) is 3.11. The average molecular weight is 316 g/mol. The molecule has 4 nitrogen and oxygen atoms in total. The van der Waals surface area contributed by atoms with Crippen LogP contribution in [0.4, 0.5) is 4.39 Å². The summed E-state index contributed by atoms with van der Waals surface area (Å²) < 4.78 is 19.4. The predicted molar refractivity (Wildman–Crippen MR) is 82.7 cm³/mol. The highest BCUT2D eigenvalue weighted by molar-refractivity contribution is 6.31. The van der Waals surface area contributed by atoms with Gasteiger partial charge in [-0.15, -0.1) is 0 Å². The lowest BCUT2D eigenvalue weighted by Gasteiger charge is -2.45. The van der Waals surface area contributed by atoms with Crippen LogP contribution in [0.25, 0.3) is 0 Å². The van der Waals surface area contributed by atoms with Crippen LogP contribution in [0.1, 0.15) is 19.4 Å². The van der Waals surface area contributed by atoms with Crippen molar-refractivity contribution in [3.63, 3.8) is 0 Å². The average Bonchev–Trinajstić information content (AvgIpc) is 2.47. The maximum Gasteiger partial charge on any atom is 0.127 e. The highest BCUT2D eigenvalue weighted by atomic mass is 35.5. The number of hydrogen-bond acceptors (Lipinski definition) is 4. The SMILES string of the molecule is CC(C)(C(Cc1c(F)cccc1Cl)NN)N1CCOCC1. The van der Waals surface area contributed by atoms with Crippen LogP contribution in [0.5, 0.6) is 0 Å². The zero-order chi connectivity index (χ0) is 15.5. The highest BCUT2D eigenvalue weighted by Gasteiger charge is 2.36. The van der Waals surface area contributed by atoms with E-state index < -0.39 is 0 Å². The van der Waals surface area contributed by atoms with E-state index in [-0.39, 0.29) is 17.4 Å². The van der Waals surface area contributed by atoms with Crippen molar-refractivity contribution in [2.24, 2.45) is 5.84 Å². The van der Waals surface area contributed by atoms with E-state index in [0.717, 1.165) is 13.1 Å². The first-order valence-corrected chi connectivity index (χ1v) is 7.56. The number of benzene rings is 1. The summed E-state index contributed by atoms with van der Waals surface area (Å²) in [6.45, 7) is 7.32. The summed E-state index contributed by atoms with van der Waals surface area (Å²) in [5, 5.41) is 0.438. The van der Waals surface area contributed by atoms with Crippen molar-refractivity contribution in [2.45, 2.75) is 31.8 Å². The molecule has 1 saturated heterocycles. The molecule has 0 radical (unpaired) electrons. The molecule has 2 rings (SSSR count). The van der Waals surface area contributed by atoms with Crippen LogP contribution in [0.2, 0.25) is 5.02 Å². The molecular formula is C15H23ClFN3O. The van der Waals surface area contributed by atoms with E-state index >= 15 is 0 Å². The summed E-state index contributed by atoms with van der Waals surface area (Å²) in [6.07, 6.45) is 0.437. The van der Waals surface area contributed by atoms with E-state index in [1.165, 1.54) is 6.07 Å². The number of morpholine rings is 1. The van der Waals surface area contributed by atoms with Gasteiger partial charge in [0.2, 0.25) is 0 Å². The second-order valence-electron chi connectivity index (χ2n) is 5.88. The van der Waals surface area contributed by atoms with Gasteiger partial charge < -0.3 is 4.74 Å². The fourth-order valence-electron chi connectivity index (χ4n) is 2.80. The molecule has 1 atom stereocenters. The number of hydrazine groups is 1. The number of nitrogens with zero attached hydrogens (tertiary/aromatic N) is 1. The molecule has 0 spiro atoms. The molecule has 1 unspecified atom stereocenters. The lowest BCUT2D eigenvalue weighted by atomic mass is 9.87. The van der Waals surface area contributed by atoms with Gasteiger partial charge in [0, 0.05) is 35.3 Å². The minimum atomic E-state index is -0.291. The van der Waals surface area contributed by atoms with Gasteiger partial charge in [0.1, 0.15) is 5.82 Å². The third-order valence-corrected chi connectivity index (χ3v) is 4.70. The van der Waals surface area contributed by atoms with E-state index in [4.69, 9.17) is 22.2 Å². The van der Waals surface area contributed by atoms with E-state index in [2.05, 4.69) is 24.2 Å². The molecule has 1 aromatic rings. The Bertz CT molecular complexity index is 458. The van der Waals surface area contributed by atoms with Gasteiger partial charge in [0.15, 0.2) is 0 Å². The zero-order valence-corrected chi connectivity index (χ0v) is 13.3. The minimum absolute atomic E-state index is 0.120. The van der Waals surface area contributed by atoms with Crippen molar-refractivity contribution in [1.82, 2.24) is 10.3 Å². The molecule has 118 valence electrons. The van der Waals surface area contributed by atoms with E-state index in [0.29, 0.717) is 30.2 Å². The van der Waals surface area contributed by atoms with Crippen LogP contribution in [0.15, 0.2) is 18.2 Å². The van der Waals surface area contributed by atoms with Gasteiger partial charge in [-0.1, -0.05) is 17.7 Å². The molecule has 0 aromatic heterocycles. The molecule has 1 aromatic carbocycles. The van der Waals surface area contributed by atoms with E-state index in [1.807, 2.05) is 0 Å². The molecule has 3 N–H and O–H groups in total. The zero-order valence-electron chi connectivity index (χ0n) is 12.5. The molecule has 1 aliphatic heterocycles. The summed E-state index contributed by atoms with van der Waals surface area (Å²) in [4.78, 5) is 2.32. The Kier molecular flexibility index (Phi) is 5.57. The molecule has 1 fully saturated rings. The Morgan fingerprint density at radius 1 is 1.43 bits per heavy atom. The molecule has 21 heavy (non-hydrogen) atoms. The maximum atomic E-state index is 14.0. The lowest BCUT2D eigenvalue weighted by molar-refractivity contribution is -0.0233. The Balaban J connectivity index is 2.18. The van der Waals surface area contributed by atoms with Crippen molar-refractivity contribution in [1.29, 1.82) is 0 Å². The molecule has 0 bridgehead atoms. The monoisotopic (exact) mass is 315 g/mol. The van der Waals surface area contributed by atoms with E-state index in [9.17, 15) is 4.39 Å². The fourth-order valence-corrected chi connectivity index (χ4v) is 3.04. The van der Waals surface area contributed by atoms with E-state index in [1.54, 1.807) is 12.1 Å². The van der Waals surface area contributed by atoms with Crippen LogP contribution in [0, 0.1) is 5.82 Å². The van der Waals surface area contributed by atoms with Gasteiger partial charge in [0.05, 0.1) is 13.2 Å². The molecule has 0 amide bonds. The van der Waals surface area contributed by atoms with Crippen molar-refractivity contribution in [2.75, 3.05) is 26.3 Å². The fraction of sp³-hybridized carbons (Fsp3) is 0.600. The Morgan fingerprint density at radius 2 is 2.10 bits per heavy atom. The summed E-state index contributed by atoms with van der Waals surface area (Å²) >= 11 is 6.12. The predicted octanol–water partition coefficient (Wildman–Crippen LogP) is 1.96. The molecule has 6 heteroatoms. The Hall–Kier alpha value is -0.720. The largest absolute Gasteiger partial charge is 0.379 e. The van der Waals surface area contributed by atoms with Gasteiger partial charge >= 0.3 is 0 Å². The van der Waals surface area contributed by atoms with Crippen LogP contribution >= 0.6 is 11.6 Å². The normalized spacial score (nSPS) is 18.7. The summed E-state index contributed by atoms with van der Waals surface area (Å²) in [7, 11) is 0. The number of ether oxygens (including phenoxy) is 1. The van der Waals surface area contributed by atoms with Gasteiger partial charge in [-0.2, -0.15) is 0 Å². The van der Waals surface area contributed by atoms with Crippen molar-refractivity contribution in [3.05, 3.63) is 34.6 Å². The molecule has 0 saturated carbocycles. The van der Waals surface area contributed by atoms with Gasteiger partial charge in [-0.05, 0) is 32.4 Å². The third-order valence-electron chi connectivity index (χ3n) is 4.35. The first-order chi connectivity index (χ1) is 9.96. The standard InChI is InChI=1S/C15H23ClFN3O/c1-15(2,20-6-8-21-9-7-20)14(19-18)10-11-12(16)4-3-5-13(11)17/h3-5,14,19H,6-10,18H2,1-2H3. The van der Waals surface area contributed by atoms with Crippen LogP contribution in [-0.2, 0) is 11.2 Å². The number of halogens is 2. The first-order valence-electron chi connectivity index (χ1n) is 7.18. The summed E-state index contributed by atoms with van der Waals surface area (Å²) in [5.74, 6) is 5.45. The topological polar surface area (TPSA) is 50.5 Å². The maximum absolute atomic E-state index is 14.0. The number of hydrogen-bond donors (Lipinski definition) is 2. The summed E-state index contributed by atoms with van der Waals surface area (Å²) in [6, 6.07) is 4.62. The first kappa shape index (κ1) is 16.6. The van der Waals surface area contributed by atoms with Crippen LogP contribution in [-0.4, -0.2) is 42.8 Å². The lowest BCUT2D eigenvalue weighted by Crippen LogP contribution is -2.62. The van der Waals surface area contributed by atoms with Crippen molar-refractivity contribution in [3.8, 4) is 0 Å². The Morgan fingerprint density at radius 3 is 2.67 bits per heavy atom. The van der Waals surface area contributed by atoms with Gasteiger partial charge in [-0.3, -0.25) is 16.2 Å². The minimum Gasteiger partial charge on any atom is -0.379 e. The van der Waals surface area contributed by atoms with Crippen LogP contribution < -0.4 is 11.3 Å². The number of nitrogens with two attached hydrogens (primary N) is 1. The Labute approximate surface area is 130 Å². The van der Waals surface area contributed by atoms with Crippen molar-refractivity contribution >= 4 is 11.6 Å². The number of nitrogens with one attached hydrogen (secondary N) is 1. The van der Waals surface area contributed by atoms with Crippen LogP contribution in [0.3, 0.4) is 0 Å². The highest BCUT2D eigenvalue weighted by Crippen LogP contribution is 2.27. The second kappa shape index (κ2) is 7.03. The molecule has 0 aliphatic carbocycles. The third kappa shape index (κ3) is 3.73. The smallest absolute Gasteiger partial charge is 0.127 e. The molecule has 1 heterocycles. The number of rotatable bonds is 5. The van der Waals surface area contributed by atoms with Crippen molar-refractivity contribution < 1.29 is 9.13 Å².